The second-order valence-corrected chi connectivity index (χ2v) is 9.38. The first-order valence-electron chi connectivity index (χ1n) is 11.6. The summed E-state index contributed by atoms with van der Waals surface area (Å²) in [6, 6.07) is 3.11. The highest BCUT2D eigenvalue weighted by Crippen LogP contribution is 2.29. The molecule has 2 aliphatic heterocycles. The second kappa shape index (κ2) is 9.65. The van der Waals surface area contributed by atoms with Crippen molar-refractivity contribution >= 4 is 17.5 Å². The van der Waals surface area contributed by atoms with Crippen LogP contribution in [0.2, 0.25) is 0 Å². The molecule has 2 heterocycles. The van der Waals surface area contributed by atoms with Gasteiger partial charge in [0.05, 0.1) is 12.5 Å². The van der Waals surface area contributed by atoms with E-state index in [2.05, 4.69) is 17.1 Å². The Labute approximate surface area is 184 Å². The van der Waals surface area contributed by atoms with Crippen LogP contribution in [0.4, 0.5) is 10.1 Å². The predicted molar refractivity (Wildman–Crippen MR) is 117 cm³/mol. The second-order valence-electron chi connectivity index (χ2n) is 9.38. The molecule has 1 aromatic rings. The Balaban J connectivity index is 1.39. The van der Waals surface area contributed by atoms with Crippen molar-refractivity contribution in [3.63, 3.8) is 0 Å². The van der Waals surface area contributed by atoms with E-state index in [1.54, 1.807) is 6.07 Å². The Kier molecular flexibility index (Phi) is 6.92. The molecule has 2 atom stereocenters. The van der Waals surface area contributed by atoms with Crippen LogP contribution in [0.25, 0.3) is 0 Å². The third-order valence-corrected chi connectivity index (χ3v) is 7.13. The molecule has 1 N–H and O–H groups in total. The van der Waals surface area contributed by atoms with Crippen molar-refractivity contribution in [1.29, 1.82) is 0 Å². The van der Waals surface area contributed by atoms with Gasteiger partial charge in [0, 0.05) is 50.4 Å². The smallest absolute Gasteiger partial charge is 0.229 e. The van der Waals surface area contributed by atoms with Crippen molar-refractivity contribution in [2.75, 3.05) is 38.2 Å². The molecule has 0 aromatic heterocycles. The maximum absolute atomic E-state index is 14.4. The van der Waals surface area contributed by atoms with Crippen molar-refractivity contribution in [2.24, 2.45) is 11.8 Å². The summed E-state index contributed by atoms with van der Waals surface area (Å²) < 4.78 is 19.7. The molecular weight excluding hydrogens is 397 g/mol. The number of piperazine rings is 1. The number of nitrogens with zero attached hydrogens (tertiary/aromatic N) is 2. The van der Waals surface area contributed by atoms with Crippen molar-refractivity contribution in [2.45, 2.75) is 58.5 Å². The molecule has 0 radical (unpaired) electrons. The molecule has 1 saturated carbocycles. The normalized spacial score (nSPS) is 25.2. The number of ether oxygens (including phenoxy) is 1. The van der Waals surface area contributed by atoms with Crippen LogP contribution in [0.1, 0.15) is 50.2 Å². The van der Waals surface area contributed by atoms with Crippen LogP contribution in [0.15, 0.2) is 12.1 Å². The zero-order valence-electron chi connectivity index (χ0n) is 18.7. The van der Waals surface area contributed by atoms with Crippen molar-refractivity contribution in [3.05, 3.63) is 29.1 Å². The largest absolute Gasteiger partial charge is 0.381 e. The molecule has 3 fully saturated rings. The molecule has 1 unspecified atom stereocenters. The van der Waals surface area contributed by atoms with E-state index in [-0.39, 0.29) is 29.6 Å². The van der Waals surface area contributed by atoms with Gasteiger partial charge in [-0.05, 0) is 56.4 Å². The lowest BCUT2D eigenvalue weighted by atomic mass is 10.0. The summed E-state index contributed by atoms with van der Waals surface area (Å²) in [5.41, 5.74) is 2.31. The minimum absolute atomic E-state index is 0.107. The van der Waals surface area contributed by atoms with Gasteiger partial charge in [-0.15, -0.1) is 0 Å². The molecule has 6 nitrogen and oxygen atoms in total. The Morgan fingerprint density at radius 2 is 1.94 bits per heavy atom. The SMILES string of the molecule is Cc1c(CN2CCN(C(=O)C3CCCC3)[C@@H](C)C2)cc(F)cc1NC(=O)C1CCOC1. The van der Waals surface area contributed by atoms with Gasteiger partial charge < -0.3 is 15.0 Å². The van der Waals surface area contributed by atoms with Gasteiger partial charge in [-0.3, -0.25) is 14.5 Å². The molecule has 2 saturated heterocycles. The third-order valence-electron chi connectivity index (χ3n) is 7.13. The Morgan fingerprint density at radius 1 is 1.16 bits per heavy atom. The van der Waals surface area contributed by atoms with E-state index in [4.69, 9.17) is 4.74 Å². The molecule has 2 amide bonds. The molecule has 4 rings (SSSR count). The van der Waals surface area contributed by atoms with E-state index in [1.807, 2.05) is 11.8 Å². The van der Waals surface area contributed by atoms with Crippen LogP contribution in [0, 0.1) is 24.6 Å². The van der Waals surface area contributed by atoms with Gasteiger partial charge in [-0.1, -0.05) is 12.8 Å². The summed E-state index contributed by atoms with van der Waals surface area (Å²) >= 11 is 0. The Bertz CT molecular complexity index is 819. The summed E-state index contributed by atoms with van der Waals surface area (Å²) in [7, 11) is 0. The van der Waals surface area contributed by atoms with Gasteiger partial charge in [-0.25, -0.2) is 4.39 Å². The number of halogens is 1. The fourth-order valence-corrected chi connectivity index (χ4v) is 5.16. The quantitative estimate of drug-likeness (QED) is 0.777. The first-order valence-corrected chi connectivity index (χ1v) is 11.6. The monoisotopic (exact) mass is 431 g/mol. The summed E-state index contributed by atoms with van der Waals surface area (Å²) in [5, 5.41) is 2.90. The van der Waals surface area contributed by atoms with Gasteiger partial charge in [-0.2, -0.15) is 0 Å². The zero-order valence-corrected chi connectivity index (χ0v) is 18.7. The lowest BCUT2D eigenvalue weighted by Crippen LogP contribution is -2.54. The molecular formula is C24H34FN3O3. The third kappa shape index (κ3) is 5.09. The first kappa shape index (κ1) is 22.2. The van der Waals surface area contributed by atoms with Gasteiger partial charge in [0.15, 0.2) is 0 Å². The summed E-state index contributed by atoms with van der Waals surface area (Å²) in [4.78, 5) is 29.6. The molecule has 1 aromatic carbocycles. The first-order chi connectivity index (χ1) is 14.9. The number of hydrogen-bond donors (Lipinski definition) is 1. The summed E-state index contributed by atoms with van der Waals surface area (Å²) in [5.74, 6) is -0.104. The van der Waals surface area contributed by atoms with Crippen LogP contribution in [-0.2, 0) is 20.9 Å². The molecule has 0 spiro atoms. The maximum atomic E-state index is 14.4. The Morgan fingerprint density at radius 3 is 2.61 bits per heavy atom. The Hall–Kier alpha value is -1.99. The standard InChI is InChI=1S/C24H34FN3O3/c1-16-13-27(8-9-28(16)24(30)18-5-3-4-6-18)14-20-11-21(25)12-22(17(20)2)26-23(29)19-7-10-31-15-19/h11-12,16,18-19H,3-10,13-15H2,1-2H3,(H,26,29)/t16-,19?/m0/s1. The van der Waals surface area contributed by atoms with E-state index in [0.29, 0.717) is 37.8 Å². The van der Waals surface area contributed by atoms with Crippen LogP contribution in [0.3, 0.4) is 0 Å². The number of benzene rings is 1. The number of amides is 2. The van der Waals surface area contributed by atoms with Crippen LogP contribution < -0.4 is 5.32 Å². The van der Waals surface area contributed by atoms with E-state index in [1.165, 1.54) is 6.07 Å². The molecule has 170 valence electrons. The zero-order chi connectivity index (χ0) is 22.0. The fraction of sp³-hybridized carbons (Fsp3) is 0.667. The predicted octanol–water partition coefficient (Wildman–Crippen LogP) is 3.33. The average Bonchev–Trinajstić information content (AvgIpc) is 3.45. The number of rotatable bonds is 5. The number of carbonyl (C=O) groups excluding carboxylic acids is 2. The van der Waals surface area contributed by atoms with Gasteiger partial charge >= 0.3 is 0 Å². The lowest BCUT2D eigenvalue weighted by molar-refractivity contribution is -0.140. The van der Waals surface area contributed by atoms with E-state index >= 15 is 0 Å². The van der Waals surface area contributed by atoms with Gasteiger partial charge in [0.1, 0.15) is 5.82 Å². The highest BCUT2D eigenvalue weighted by Gasteiger charge is 2.33. The number of anilines is 1. The molecule has 7 heteroatoms. The van der Waals surface area contributed by atoms with E-state index < -0.39 is 0 Å². The van der Waals surface area contributed by atoms with E-state index in [0.717, 1.165) is 56.4 Å². The molecule has 31 heavy (non-hydrogen) atoms. The molecule has 1 aliphatic carbocycles. The van der Waals surface area contributed by atoms with Crippen LogP contribution >= 0.6 is 0 Å². The van der Waals surface area contributed by atoms with Gasteiger partial charge in [0.25, 0.3) is 0 Å². The summed E-state index contributed by atoms with van der Waals surface area (Å²) in [6.07, 6.45) is 5.08. The molecule has 0 bridgehead atoms. The van der Waals surface area contributed by atoms with E-state index in [9.17, 15) is 14.0 Å². The van der Waals surface area contributed by atoms with Crippen molar-refractivity contribution < 1.29 is 18.7 Å². The lowest BCUT2D eigenvalue weighted by Gasteiger charge is -2.41. The number of carbonyl (C=O) groups is 2. The topological polar surface area (TPSA) is 61.9 Å². The highest BCUT2D eigenvalue weighted by molar-refractivity contribution is 5.93. The van der Waals surface area contributed by atoms with Crippen molar-refractivity contribution in [1.82, 2.24) is 9.80 Å². The molecule has 3 aliphatic rings. The maximum Gasteiger partial charge on any atom is 0.229 e. The van der Waals surface area contributed by atoms with Crippen LogP contribution in [0.5, 0.6) is 0 Å². The highest BCUT2D eigenvalue weighted by atomic mass is 19.1. The van der Waals surface area contributed by atoms with Crippen LogP contribution in [-0.4, -0.2) is 60.5 Å². The summed E-state index contributed by atoms with van der Waals surface area (Å²) in [6.45, 7) is 7.93. The average molecular weight is 432 g/mol. The number of nitrogens with one attached hydrogen (secondary N) is 1. The fourth-order valence-electron chi connectivity index (χ4n) is 5.16. The minimum atomic E-state index is -0.346. The number of hydrogen-bond acceptors (Lipinski definition) is 4. The van der Waals surface area contributed by atoms with Crippen molar-refractivity contribution in [3.8, 4) is 0 Å². The van der Waals surface area contributed by atoms with Gasteiger partial charge in [0.2, 0.25) is 11.8 Å². The minimum Gasteiger partial charge on any atom is -0.381 e.